The Morgan fingerprint density at radius 3 is 2.56 bits per heavy atom. The molecule has 1 saturated heterocycles. The van der Waals surface area contributed by atoms with Gasteiger partial charge in [-0.25, -0.2) is 4.79 Å². The summed E-state index contributed by atoms with van der Waals surface area (Å²) in [6.07, 6.45) is 1.91. The van der Waals surface area contributed by atoms with E-state index in [-0.39, 0.29) is 17.4 Å². The fourth-order valence-electron chi connectivity index (χ4n) is 5.54. The van der Waals surface area contributed by atoms with E-state index in [2.05, 4.69) is 34.7 Å². The van der Waals surface area contributed by atoms with Crippen molar-refractivity contribution in [1.82, 2.24) is 9.88 Å². The Morgan fingerprint density at radius 1 is 1.00 bits per heavy atom. The van der Waals surface area contributed by atoms with Gasteiger partial charge in [-0.05, 0) is 73.2 Å². The molecular weight excluding hydrogens is 514 g/mol. The second kappa shape index (κ2) is 11.5. The van der Waals surface area contributed by atoms with Crippen molar-refractivity contribution in [2.24, 2.45) is 11.8 Å². The number of hydrogen-bond acceptors (Lipinski definition) is 4. The van der Waals surface area contributed by atoms with Crippen LogP contribution in [-0.2, 0) is 6.54 Å². The Morgan fingerprint density at radius 2 is 1.79 bits per heavy atom. The Hall–Kier alpha value is -3.78. The van der Waals surface area contributed by atoms with Gasteiger partial charge in [0.2, 0.25) is 0 Å². The number of nitrogens with zero attached hydrogens (tertiary/aromatic N) is 2. The van der Waals surface area contributed by atoms with E-state index in [1.165, 1.54) is 0 Å². The topological polar surface area (TPSA) is 95.5 Å². The largest absolute Gasteiger partial charge is 0.369 e. The molecule has 2 aromatic carbocycles. The number of amides is 3. The van der Waals surface area contributed by atoms with Gasteiger partial charge in [0.05, 0.1) is 11.4 Å². The first-order chi connectivity index (χ1) is 18.8. The lowest BCUT2D eigenvalue weighted by Crippen LogP contribution is -2.47. The number of fused-ring (bicyclic) bond motifs is 4. The van der Waals surface area contributed by atoms with E-state index in [1.54, 1.807) is 36.4 Å². The van der Waals surface area contributed by atoms with E-state index in [1.807, 2.05) is 28.8 Å². The van der Waals surface area contributed by atoms with E-state index in [9.17, 15) is 14.4 Å². The third kappa shape index (κ3) is 6.28. The first kappa shape index (κ1) is 26.8. The molecule has 3 aromatic rings. The number of rotatable bonds is 7. The number of carbonyl (C=O) groups is 2. The van der Waals surface area contributed by atoms with Gasteiger partial charge in [-0.1, -0.05) is 31.5 Å². The van der Waals surface area contributed by atoms with Gasteiger partial charge < -0.3 is 25.4 Å². The first-order valence-corrected chi connectivity index (χ1v) is 13.8. The number of aromatic nitrogens is 1. The predicted octanol–water partition coefficient (Wildman–Crippen LogP) is 5.55. The van der Waals surface area contributed by atoms with Crippen LogP contribution in [0.1, 0.15) is 48.7 Å². The second-order valence-electron chi connectivity index (χ2n) is 10.9. The molecule has 3 heterocycles. The molecule has 8 nitrogen and oxygen atoms in total. The van der Waals surface area contributed by atoms with Crippen molar-refractivity contribution in [3.05, 3.63) is 87.3 Å². The quantitative estimate of drug-likeness (QED) is 0.361. The second-order valence-corrected chi connectivity index (χ2v) is 11.3. The smallest absolute Gasteiger partial charge is 0.323 e. The van der Waals surface area contributed by atoms with Crippen molar-refractivity contribution in [2.45, 2.75) is 39.2 Å². The van der Waals surface area contributed by atoms with Crippen LogP contribution in [0.2, 0.25) is 5.02 Å². The summed E-state index contributed by atoms with van der Waals surface area (Å²) in [5.41, 5.74) is 3.60. The van der Waals surface area contributed by atoms with E-state index in [4.69, 9.17) is 11.6 Å². The average Bonchev–Trinajstić information content (AvgIpc) is 2.90. The molecule has 2 atom stereocenters. The van der Waals surface area contributed by atoms with Gasteiger partial charge in [0.1, 0.15) is 0 Å². The maximum atomic E-state index is 13.0. The predicted molar refractivity (Wildman–Crippen MR) is 156 cm³/mol. The monoisotopic (exact) mass is 547 g/mol. The molecule has 2 aliphatic heterocycles. The molecule has 2 bridgehead atoms. The summed E-state index contributed by atoms with van der Waals surface area (Å²) in [6, 6.07) is 17.4. The molecule has 39 heavy (non-hydrogen) atoms. The normalized spacial score (nSPS) is 17.9. The molecule has 5 rings (SSSR count). The van der Waals surface area contributed by atoms with E-state index in [0.29, 0.717) is 53.4 Å². The van der Waals surface area contributed by atoms with Crippen LogP contribution >= 0.6 is 11.6 Å². The van der Waals surface area contributed by atoms with Crippen molar-refractivity contribution in [3.8, 4) is 0 Å². The Labute approximate surface area is 233 Å². The number of anilines is 3. The number of pyridine rings is 1. The highest BCUT2D eigenvalue weighted by Gasteiger charge is 2.35. The van der Waals surface area contributed by atoms with E-state index < -0.39 is 6.03 Å². The van der Waals surface area contributed by atoms with Crippen LogP contribution in [0.15, 0.2) is 65.5 Å². The van der Waals surface area contributed by atoms with Gasteiger partial charge in [-0.2, -0.15) is 0 Å². The highest BCUT2D eigenvalue weighted by Crippen LogP contribution is 2.39. The Balaban J connectivity index is 1.40. The fraction of sp³-hybridized carbons (Fsp3) is 0.367. The lowest BCUT2D eigenvalue weighted by atomic mass is 9.83. The fourth-order valence-corrected chi connectivity index (χ4v) is 5.67. The Bertz CT molecular complexity index is 1420. The molecule has 0 saturated carbocycles. The van der Waals surface area contributed by atoms with Gasteiger partial charge in [0.15, 0.2) is 0 Å². The van der Waals surface area contributed by atoms with Gasteiger partial charge >= 0.3 is 6.03 Å². The summed E-state index contributed by atoms with van der Waals surface area (Å²) < 4.78 is 1.90. The minimum absolute atomic E-state index is 0.0460. The minimum atomic E-state index is -0.412. The minimum Gasteiger partial charge on any atom is -0.369 e. The van der Waals surface area contributed by atoms with Crippen LogP contribution < -0.4 is 26.4 Å². The molecule has 0 spiro atoms. The van der Waals surface area contributed by atoms with Crippen LogP contribution in [0.25, 0.3) is 0 Å². The van der Waals surface area contributed by atoms with Crippen molar-refractivity contribution in [1.29, 1.82) is 0 Å². The number of benzene rings is 2. The lowest BCUT2D eigenvalue weighted by Gasteiger charge is -2.44. The van der Waals surface area contributed by atoms with E-state index >= 15 is 0 Å². The van der Waals surface area contributed by atoms with Crippen LogP contribution in [0, 0.1) is 11.8 Å². The van der Waals surface area contributed by atoms with Crippen molar-refractivity contribution >= 4 is 40.6 Å². The molecule has 3 N–H and O–H groups in total. The maximum Gasteiger partial charge on any atom is 0.323 e. The van der Waals surface area contributed by atoms with Gasteiger partial charge in [-0.15, -0.1) is 0 Å². The van der Waals surface area contributed by atoms with Gasteiger partial charge in [0, 0.05) is 60.1 Å². The van der Waals surface area contributed by atoms with Crippen LogP contribution in [0.3, 0.4) is 0 Å². The lowest BCUT2D eigenvalue weighted by molar-refractivity contribution is 0.0952. The number of nitrogens with one attached hydrogen (secondary N) is 3. The molecule has 3 amide bonds. The van der Waals surface area contributed by atoms with Gasteiger partial charge in [0.25, 0.3) is 11.5 Å². The molecule has 9 heteroatoms. The highest BCUT2D eigenvalue weighted by molar-refractivity contribution is 6.30. The average molecular weight is 548 g/mol. The zero-order valence-electron chi connectivity index (χ0n) is 22.2. The molecule has 204 valence electrons. The summed E-state index contributed by atoms with van der Waals surface area (Å²) in [5.74, 6) is 0.834. The molecule has 0 aliphatic carbocycles. The third-order valence-electron chi connectivity index (χ3n) is 7.44. The first-order valence-electron chi connectivity index (χ1n) is 13.5. The van der Waals surface area contributed by atoms with Crippen molar-refractivity contribution < 1.29 is 9.59 Å². The number of hydrogen-bond donors (Lipinski definition) is 3. The number of urea groups is 1. The van der Waals surface area contributed by atoms with Gasteiger partial charge in [-0.3, -0.25) is 9.59 Å². The Kier molecular flexibility index (Phi) is 7.93. The summed E-state index contributed by atoms with van der Waals surface area (Å²) >= 11 is 5.98. The highest BCUT2D eigenvalue weighted by atomic mass is 35.5. The number of halogens is 1. The summed E-state index contributed by atoms with van der Waals surface area (Å²) in [4.78, 5) is 40.6. The van der Waals surface area contributed by atoms with Crippen molar-refractivity contribution in [3.63, 3.8) is 0 Å². The summed E-state index contributed by atoms with van der Waals surface area (Å²) in [5, 5.41) is 9.37. The molecular formula is C30H34ClN5O3. The standard InChI is InChI=1S/C30H34ClN5O3/c1-19(2)12-13-32-29(38)21-6-11-27(25(15-21)34-30(39)33-24-9-7-23(31)8-10-24)35-16-20-14-22(18-35)26-4-3-5-28(37)36(26)17-20/h3-11,15,19-20,22H,12-14,16-18H2,1-2H3,(H,32,38)(H2,33,34,39). The molecule has 0 radical (unpaired) electrons. The summed E-state index contributed by atoms with van der Waals surface area (Å²) in [6.45, 7) is 6.97. The van der Waals surface area contributed by atoms with Crippen LogP contribution in [0.4, 0.5) is 21.9 Å². The zero-order chi connectivity index (χ0) is 27.5. The number of carbonyl (C=O) groups excluding carboxylic acids is 2. The van der Waals surface area contributed by atoms with Crippen molar-refractivity contribution in [2.75, 3.05) is 35.2 Å². The molecule has 2 aliphatic rings. The van der Waals surface area contributed by atoms with Crippen LogP contribution in [-0.4, -0.2) is 36.1 Å². The summed E-state index contributed by atoms with van der Waals surface area (Å²) in [7, 11) is 0. The zero-order valence-corrected chi connectivity index (χ0v) is 23.0. The van der Waals surface area contributed by atoms with Crippen LogP contribution in [0.5, 0.6) is 0 Å². The number of piperidine rings is 1. The molecule has 2 unspecified atom stereocenters. The molecule has 1 fully saturated rings. The molecule has 1 aromatic heterocycles. The third-order valence-corrected chi connectivity index (χ3v) is 7.69. The van der Waals surface area contributed by atoms with E-state index in [0.717, 1.165) is 30.8 Å². The maximum absolute atomic E-state index is 13.0. The SMILES string of the molecule is CC(C)CCNC(=O)c1ccc(N2CC3CC(C2)c2cccc(=O)n2C3)c(NC(=O)Nc2ccc(Cl)cc2)c1.